The van der Waals surface area contributed by atoms with Crippen molar-refractivity contribution >= 4 is 17.1 Å². The molecular formula is C18H21FN6O. The number of benzene rings is 1. The molecule has 0 unspecified atom stereocenters. The van der Waals surface area contributed by atoms with Gasteiger partial charge >= 0.3 is 6.03 Å². The number of carbonyl (C=O) groups excluding carboxylic acids is 1. The minimum Gasteiger partial charge on any atom is -0.340 e. The van der Waals surface area contributed by atoms with Gasteiger partial charge in [-0.3, -0.25) is 0 Å². The van der Waals surface area contributed by atoms with E-state index in [2.05, 4.69) is 20.3 Å². The highest BCUT2D eigenvalue weighted by atomic mass is 19.1. The molecule has 1 aliphatic carbocycles. The highest BCUT2D eigenvalue weighted by Gasteiger charge is 2.36. The van der Waals surface area contributed by atoms with Gasteiger partial charge < -0.3 is 19.8 Å². The third-order valence-corrected chi connectivity index (χ3v) is 4.74. The number of aromatic nitrogens is 4. The number of halogens is 1. The van der Waals surface area contributed by atoms with Gasteiger partial charge in [0.15, 0.2) is 0 Å². The van der Waals surface area contributed by atoms with Gasteiger partial charge in [-0.2, -0.15) is 0 Å². The fraction of sp³-hybridized carbons (Fsp3) is 0.389. The quantitative estimate of drug-likeness (QED) is 0.738. The zero-order valence-corrected chi connectivity index (χ0v) is 14.7. The van der Waals surface area contributed by atoms with Crippen LogP contribution in [-0.2, 0) is 13.6 Å². The number of amides is 2. The zero-order valence-electron chi connectivity index (χ0n) is 14.7. The average molecular weight is 356 g/mol. The van der Waals surface area contributed by atoms with Crippen LogP contribution < -0.4 is 5.32 Å². The Labute approximate surface area is 150 Å². The molecule has 0 spiro atoms. The van der Waals surface area contributed by atoms with Crippen molar-refractivity contribution in [1.82, 2.24) is 29.7 Å². The number of nitrogens with one attached hydrogen (secondary N) is 2. The lowest BCUT2D eigenvalue weighted by atomic mass is 10.1. The standard InChI is InChI=1S/C18H21FN6O/c1-24-8-7-20-17(24)16(11-3-4-11)23-18(26)25(2)10-15-21-13-6-5-12(19)9-14(13)22-15/h5-9,11,16H,3-4,10H2,1-2H3,(H,21,22)(H,23,26)/t16-/m1/s1. The lowest BCUT2D eigenvalue weighted by Crippen LogP contribution is -2.40. The number of rotatable bonds is 5. The average Bonchev–Trinajstić information content (AvgIpc) is 3.24. The second-order valence-corrected chi connectivity index (χ2v) is 6.86. The summed E-state index contributed by atoms with van der Waals surface area (Å²) in [5.74, 6) is 1.60. The van der Waals surface area contributed by atoms with E-state index in [4.69, 9.17) is 0 Å². The molecule has 0 radical (unpaired) electrons. The van der Waals surface area contributed by atoms with Crippen LogP contribution in [0.3, 0.4) is 0 Å². The number of carbonyl (C=O) groups is 1. The monoisotopic (exact) mass is 356 g/mol. The Hall–Kier alpha value is -2.90. The predicted molar refractivity (Wildman–Crippen MR) is 94.7 cm³/mol. The Bertz CT molecular complexity index is 944. The Morgan fingerprint density at radius 1 is 1.50 bits per heavy atom. The first kappa shape index (κ1) is 16.6. The number of fused-ring (bicyclic) bond motifs is 1. The van der Waals surface area contributed by atoms with Gasteiger partial charge in [-0.05, 0) is 37.0 Å². The Morgan fingerprint density at radius 3 is 3.00 bits per heavy atom. The summed E-state index contributed by atoms with van der Waals surface area (Å²) in [4.78, 5) is 26.1. The van der Waals surface area contributed by atoms with Gasteiger partial charge in [-0.1, -0.05) is 0 Å². The van der Waals surface area contributed by atoms with E-state index in [1.165, 1.54) is 12.1 Å². The molecule has 3 aromatic rings. The molecule has 1 aromatic carbocycles. The predicted octanol–water partition coefficient (Wildman–Crippen LogP) is 2.73. The van der Waals surface area contributed by atoms with E-state index in [1.807, 2.05) is 17.8 Å². The number of hydrogen-bond acceptors (Lipinski definition) is 3. The number of H-pyrrole nitrogens is 1. The summed E-state index contributed by atoms with van der Waals surface area (Å²) >= 11 is 0. The number of nitrogens with zero attached hydrogens (tertiary/aromatic N) is 4. The first-order valence-corrected chi connectivity index (χ1v) is 8.64. The van der Waals surface area contributed by atoms with E-state index in [0.717, 1.165) is 18.7 Å². The van der Waals surface area contributed by atoms with Crippen LogP contribution in [0, 0.1) is 11.7 Å². The Balaban J connectivity index is 1.45. The highest BCUT2D eigenvalue weighted by Crippen LogP contribution is 2.40. The van der Waals surface area contributed by atoms with Crippen LogP contribution >= 0.6 is 0 Å². The SMILES string of the molecule is CN(Cc1nc2ccc(F)cc2[nH]1)C(=O)N[C@@H](c1nccn1C)C1CC1. The van der Waals surface area contributed by atoms with Gasteiger partial charge in [0.1, 0.15) is 17.5 Å². The van der Waals surface area contributed by atoms with Crippen molar-refractivity contribution < 1.29 is 9.18 Å². The van der Waals surface area contributed by atoms with Crippen molar-refractivity contribution in [2.45, 2.75) is 25.4 Å². The van der Waals surface area contributed by atoms with E-state index in [-0.39, 0.29) is 17.9 Å². The maximum atomic E-state index is 13.3. The molecule has 1 aliphatic rings. The van der Waals surface area contributed by atoms with Crippen molar-refractivity contribution in [2.24, 2.45) is 13.0 Å². The van der Waals surface area contributed by atoms with Crippen molar-refractivity contribution in [2.75, 3.05) is 7.05 Å². The summed E-state index contributed by atoms with van der Waals surface area (Å²) in [5, 5.41) is 3.09. The zero-order chi connectivity index (χ0) is 18.3. The number of urea groups is 1. The molecule has 0 saturated heterocycles. The first-order valence-electron chi connectivity index (χ1n) is 8.64. The molecule has 2 N–H and O–H groups in total. The maximum Gasteiger partial charge on any atom is 0.318 e. The molecular weight excluding hydrogens is 335 g/mol. The lowest BCUT2D eigenvalue weighted by Gasteiger charge is -2.23. The van der Waals surface area contributed by atoms with E-state index in [0.29, 0.717) is 29.3 Å². The summed E-state index contributed by atoms with van der Waals surface area (Å²) in [6.07, 6.45) is 5.82. The molecule has 1 fully saturated rings. The van der Waals surface area contributed by atoms with Crippen LogP contribution in [0.1, 0.15) is 30.5 Å². The molecule has 7 nitrogen and oxygen atoms in total. The van der Waals surface area contributed by atoms with E-state index < -0.39 is 0 Å². The van der Waals surface area contributed by atoms with Crippen molar-refractivity contribution in [3.05, 3.63) is 48.1 Å². The molecule has 8 heteroatoms. The second kappa shape index (κ2) is 6.44. The largest absolute Gasteiger partial charge is 0.340 e. The van der Waals surface area contributed by atoms with Crippen molar-refractivity contribution in [1.29, 1.82) is 0 Å². The van der Waals surface area contributed by atoms with Gasteiger partial charge in [0.25, 0.3) is 0 Å². The van der Waals surface area contributed by atoms with Gasteiger partial charge in [0.05, 0.1) is 23.6 Å². The van der Waals surface area contributed by atoms with Crippen LogP contribution in [0.5, 0.6) is 0 Å². The van der Waals surface area contributed by atoms with Crippen LogP contribution in [0.2, 0.25) is 0 Å². The third kappa shape index (κ3) is 3.26. The number of aryl methyl sites for hydroxylation is 1. The topological polar surface area (TPSA) is 78.8 Å². The normalized spacial score (nSPS) is 15.2. The number of aromatic amines is 1. The van der Waals surface area contributed by atoms with Gasteiger partial charge in [-0.25, -0.2) is 19.2 Å². The molecule has 1 saturated carbocycles. The van der Waals surface area contributed by atoms with Gasteiger partial charge in [0, 0.05) is 26.5 Å². The van der Waals surface area contributed by atoms with E-state index >= 15 is 0 Å². The second-order valence-electron chi connectivity index (χ2n) is 6.86. The fourth-order valence-corrected chi connectivity index (χ4v) is 3.15. The van der Waals surface area contributed by atoms with E-state index in [9.17, 15) is 9.18 Å². The van der Waals surface area contributed by atoms with Gasteiger partial charge in [-0.15, -0.1) is 0 Å². The van der Waals surface area contributed by atoms with Crippen molar-refractivity contribution in [3.63, 3.8) is 0 Å². The number of imidazole rings is 2. The molecule has 2 aromatic heterocycles. The third-order valence-electron chi connectivity index (χ3n) is 4.74. The molecule has 2 heterocycles. The van der Waals surface area contributed by atoms with E-state index in [1.54, 1.807) is 24.2 Å². The van der Waals surface area contributed by atoms with Gasteiger partial charge in [0.2, 0.25) is 0 Å². The Kier molecular flexibility index (Phi) is 4.10. The summed E-state index contributed by atoms with van der Waals surface area (Å²) in [7, 11) is 3.65. The van der Waals surface area contributed by atoms with Crippen LogP contribution in [0.15, 0.2) is 30.6 Å². The maximum absolute atomic E-state index is 13.3. The highest BCUT2D eigenvalue weighted by molar-refractivity contribution is 5.76. The van der Waals surface area contributed by atoms with Crippen LogP contribution in [0.25, 0.3) is 11.0 Å². The number of hydrogen-bond donors (Lipinski definition) is 2. The van der Waals surface area contributed by atoms with Crippen LogP contribution in [-0.4, -0.2) is 37.5 Å². The molecule has 4 rings (SSSR count). The summed E-state index contributed by atoms with van der Waals surface area (Å²) in [6, 6.07) is 4.12. The molecule has 2 amide bonds. The summed E-state index contributed by atoms with van der Waals surface area (Å²) < 4.78 is 15.2. The molecule has 0 aliphatic heterocycles. The van der Waals surface area contributed by atoms with Crippen molar-refractivity contribution in [3.8, 4) is 0 Å². The summed E-state index contributed by atoms with van der Waals surface area (Å²) in [6.45, 7) is 0.306. The molecule has 1 atom stereocenters. The molecule has 136 valence electrons. The molecule has 26 heavy (non-hydrogen) atoms. The fourth-order valence-electron chi connectivity index (χ4n) is 3.15. The first-order chi connectivity index (χ1) is 12.5. The van der Waals surface area contributed by atoms with Crippen LogP contribution in [0.4, 0.5) is 9.18 Å². The smallest absolute Gasteiger partial charge is 0.318 e. The minimum absolute atomic E-state index is 0.0882. The molecule has 0 bridgehead atoms. The Morgan fingerprint density at radius 2 is 2.31 bits per heavy atom. The summed E-state index contributed by atoms with van der Waals surface area (Å²) in [5.41, 5.74) is 1.30. The lowest BCUT2D eigenvalue weighted by molar-refractivity contribution is 0.199. The minimum atomic E-state index is -0.318.